The number of aliphatic hydroxyl groups is 1. The van der Waals surface area contributed by atoms with Crippen molar-refractivity contribution in [3.05, 3.63) is 29.8 Å². The van der Waals surface area contributed by atoms with Crippen LogP contribution < -0.4 is 10.6 Å². The van der Waals surface area contributed by atoms with Gasteiger partial charge in [0.05, 0.1) is 18.2 Å². The molecule has 1 saturated heterocycles. The largest absolute Gasteiger partial charge is 0.394 e. The Hall–Kier alpha value is -1.57. The molecule has 90 valence electrons. The molecule has 4 nitrogen and oxygen atoms in total. The summed E-state index contributed by atoms with van der Waals surface area (Å²) in [5, 5.41) is 18.1. The summed E-state index contributed by atoms with van der Waals surface area (Å²) in [7, 11) is 0. The smallest absolute Gasteiger partial charge is 0.0992 e. The van der Waals surface area contributed by atoms with Crippen molar-refractivity contribution < 1.29 is 5.11 Å². The molecule has 0 unspecified atom stereocenters. The van der Waals surface area contributed by atoms with Crippen LogP contribution in [0.5, 0.6) is 0 Å². The minimum absolute atomic E-state index is 0.0407. The average molecular weight is 231 g/mol. The maximum atomic E-state index is 9.20. The maximum absolute atomic E-state index is 9.20. The van der Waals surface area contributed by atoms with Crippen LogP contribution in [0.2, 0.25) is 0 Å². The summed E-state index contributed by atoms with van der Waals surface area (Å²) in [4.78, 5) is 2.21. The van der Waals surface area contributed by atoms with Crippen LogP contribution in [0, 0.1) is 11.3 Å². The van der Waals surface area contributed by atoms with E-state index < -0.39 is 5.54 Å². The molecule has 0 amide bonds. The standard InChI is InChI=1S/C13H17N3O/c14-9-11-2-1-3-12(8-11)16-6-4-13(15,10-17)5-7-16/h1-3,8,17H,4-7,10,15H2. The number of hydrogen-bond donors (Lipinski definition) is 2. The summed E-state index contributed by atoms with van der Waals surface area (Å²) in [5.41, 5.74) is 7.33. The second kappa shape index (κ2) is 4.74. The van der Waals surface area contributed by atoms with Crippen LogP contribution in [0.15, 0.2) is 24.3 Å². The lowest BCUT2D eigenvalue weighted by Gasteiger charge is -2.39. The van der Waals surface area contributed by atoms with Gasteiger partial charge >= 0.3 is 0 Å². The minimum Gasteiger partial charge on any atom is -0.394 e. The van der Waals surface area contributed by atoms with Crippen LogP contribution in [0.1, 0.15) is 18.4 Å². The van der Waals surface area contributed by atoms with E-state index in [9.17, 15) is 5.11 Å². The minimum atomic E-state index is -0.427. The van der Waals surface area contributed by atoms with Gasteiger partial charge in [0.15, 0.2) is 0 Å². The second-order valence-electron chi connectivity index (χ2n) is 4.67. The molecule has 1 aromatic carbocycles. The molecule has 1 fully saturated rings. The molecule has 17 heavy (non-hydrogen) atoms. The maximum Gasteiger partial charge on any atom is 0.0992 e. The summed E-state index contributed by atoms with van der Waals surface area (Å²) in [5.74, 6) is 0. The van der Waals surface area contributed by atoms with Crippen molar-refractivity contribution in [1.82, 2.24) is 0 Å². The number of nitriles is 1. The highest BCUT2D eigenvalue weighted by Crippen LogP contribution is 2.24. The molecule has 0 radical (unpaired) electrons. The topological polar surface area (TPSA) is 73.3 Å². The third-order valence-electron chi connectivity index (χ3n) is 3.41. The molecular formula is C13H17N3O. The van der Waals surface area contributed by atoms with E-state index in [1.54, 1.807) is 6.07 Å². The van der Waals surface area contributed by atoms with Gasteiger partial charge in [-0.1, -0.05) is 6.07 Å². The Balaban J connectivity index is 2.08. The van der Waals surface area contributed by atoms with Gasteiger partial charge in [0.2, 0.25) is 0 Å². The first kappa shape index (κ1) is 11.9. The summed E-state index contributed by atoms with van der Waals surface area (Å²) in [6.07, 6.45) is 1.56. The number of rotatable bonds is 2. The number of hydrogen-bond acceptors (Lipinski definition) is 4. The van der Waals surface area contributed by atoms with Gasteiger partial charge in [-0.05, 0) is 31.0 Å². The van der Waals surface area contributed by atoms with Gasteiger partial charge < -0.3 is 15.7 Å². The molecule has 2 rings (SSSR count). The normalized spacial score (nSPS) is 18.8. The monoisotopic (exact) mass is 231 g/mol. The predicted molar refractivity (Wildman–Crippen MR) is 66.6 cm³/mol. The zero-order chi connectivity index (χ0) is 12.3. The number of nitrogens with two attached hydrogens (primary N) is 1. The summed E-state index contributed by atoms with van der Waals surface area (Å²) in [6, 6.07) is 9.73. The lowest BCUT2D eigenvalue weighted by molar-refractivity contribution is 0.170. The zero-order valence-corrected chi connectivity index (χ0v) is 9.76. The number of anilines is 1. The Kier molecular flexibility index (Phi) is 3.32. The van der Waals surface area contributed by atoms with E-state index in [4.69, 9.17) is 11.0 Å². The fourth-order valence-electron chi connectivity index (χ4n) is 2.14. The fourth-order valence-corrected chi connectivity index (χ4v) is 2.14. The third kappa shape index (κ3) is 2.57. The first-order valence-corrected chi connectivity index (χ1v) is 5.82. The molecule has 1 aliphatic heterocycles. The van der Waals surface area contributed by atoms with Crippen LogP contribution in [0.3, 0.4) is 0 Å². The molecule has 1 aliphatic rings. The van der Waals surface area contributed by atoms with Crippen molar-refractivity contribution in [1.29, 1.82) is 5.26 Å². The van der Waals surface area contributed by atoms with Crippen molar-refractivity contribution in [2.24, 2.45) is 5.73 Å². The first-order chi connectivity index (χ1) is 8.17. The second-order valence-corrected chi connectivity index (χ2v) is 4.67. The molecule has 0 aliphatic carbocycles. The lowest BCUT2D eigenvalue weighted by atomic mass is 9.89. The molecule has 0 aromatic heterocycles. The molecule has 3 N–H and O–H groups in total. The average Bonchev–Trinajstić information content (AvgIpc) is 2.40. The van der Waals surface area contributed by atoms with E-state index in [2.05, 4.69) is 11.0 Å². The number of piperidine rings is 1. The molecule has 0 spiro atoms. The van der Waals surface area contributed by atoms with Gasteiger partial charge in [-0.15, -0.1) is 0 Å². The van der Waals surface area contributed by atoms with E-state index in [-0.39, 0.29) is 6.61 Å². The Bertz CT molecular complexity index is 431. The molecule has 4 heteroatoms. The Morgan fingerprint density at radius 2 is 2.12 bits per heavy atom. The molecule has 0 bridgehead atoms. The number of nitrogens with zero attached hydrogens (tertiary/aromatic N) is 2. The summed E-state index contributed by atoms with van der Waals surface area (Å²) < 4.78 is 0. The molecule has 1 heterocycles. The van der Waals surface area contributed by atoms with E-state index in [1.165, 1.54) is 0 Å². The highest BCUT2D eigenvalue weighted by molar-refractivity contribution is 5.51. The molecular weight excluding hydrogens is 214 g/mol. The third-order valence-corrected chi connectivity index (χ3v) is 3.41. The van der Waals surface area contributed by atoms with Crippen LogP contribution in [-0.2, 0) is 0 Å². The summed E-state index contributed by atoms with van der Waals surface area (Å²) >= 11 is 0. The molecule has 0 saturated carbocycles. The first-order valence-electron chi connectivity index (χ1n) is 5.82. The van der Waals surface area contributed by atoms with Crippen LogP contribution in [0.25, 0.3) is 0 Å². The van der Waals surface area contributed by atoms with Gasteiger partial charge in [0, 0.05) is 24.3 Å². The summed E-state index contributed by atoms with van der Waals surface area (Å²) in [6.45, 7) is 1.69. The van der Waals surface area contributed by atoms with Gasteiger partial charge in [0.1, 0.15) is 0 Å². The van der Waals surface area contributed by atoms with Gasteiger partial charge in [-0.25, -0.2) is 0 Å². The molecule has 1 aromatic rings. The van der Waals surface area contributed by atoms with Crippen molar-refractivity contribution >= 4 is 5.69 Å². The zero-order valence-electron chi connectivity index (χ0n) is 9.76. The van der Waals surface area contributed by atoms with Gasteiger partial charge in [-0.2, -0.15) is 5.26 Å². The van der Waals surface area contributed by atoms with E-state index in [0.717, 1.165) is 31.6 Å². The predicted octanol–water partition coefficient (Wildman–Crippen LogP) is 0.848. The van der Waals surface area contributed by atoms with Gasteiger partial charge in [-0.3, -0.25) is 0 Å². The quantitative estimate of drug-likeness (QED) is 0.791. The lowest BCUT2D eigenvalue weighted by Crippen LogP contribution is -2.52. The van der Waals surface area contributed by atoms with Crippen molar-refractivity contribution in [2.45, 2.75) is 18.4 Å². The number of benzene rings is 1. The van der Waals surface area contributed by atoms with Crippen molar-refractivity contribution in [2.75, 3.05) is 24.6 Å². The van der Waals surface area contributed by atoms with Crippen LogP contribution >= 0.6 is 0 Å². The van der Waals surface area contributed by atoms with Crippen molar-refractivity contribution in [3.8, 4) is 6.07 Å². The van der Waals surface area contributed by atoms with E-state index in [1.807, 2.05) is 18.2 Å². The highest BCUT2D eigenvalue weighted by atomic mass is 16.3. The SMILES string of the molecule is N#Cc1cccc(N2CCC(N)(CO)CC2)c1. The van der Waals surface area contributed by atoms with Crippen LogP contribution in [-0.4, -0.2) is 30.3 Å². The van der Waals surface area contributed by atoms with Gasteiger partial charge in [0.25, 0.3) is 0 Å². The number of aliphatic hydroxyl groups excluding tert-OH is 1. The van der Waals surface area contributed by atoms with E-state index >= 15 is 0 Å². The molecule has 0 atom stereocenters. The van der Waals surface area contributed by atoms with E-state index in [0.29, 0.717) is 5.56 Å². The van der Waals surface area contributed by atoms with Crippen LogP contribution in [0.4, 0.5) is 5.69 Å². The highest BCUT2D eigenvalue weighted by Gasteiger charge is 2.29. The Morgan fingerprint density at radius 3 is 2.71 bits per heavy atom. The van der Waals surface area contributed by atoms with Crippen molar-refractivity contribution in [3.63, 3.8) is 0 Å². The Morgan fingerprint density at radius 1 is 1.41 bits per heavy atom. The fraction of sp³-hybridized carbons (Fsp3) is 0.462. The Labute approximate surface area is 101 Å².